The van der Waals surface area contributed by atoms with Gasteiger partial charge in [-0.05, 0) is 64.7 Å². The van der Waals surface area contributed by atoms with Crippen LogP contribution in [0.3, 0.4) is 0 Å². The van der Waals surface area contributed by atoms with Crippen LogP contribution in [0.15, 0.2) is 186 Å². The summed E-state index contributed by atoms with van der Waals surface area (Å²) in [5.74, 6) is 0. The number of benzene rings is 8. The smallest absolute Gasteiger partial charge is 0.135 e. The summed E-state index contributed by atoms with van der Waals surface area (Å²) in [6.45, 7) is 0. The van der Waals surface area contributed by atoms with Crippen LogP contribution in [0, 0.1) is 0 Å². The number of rotatable bonds is 5. The Morgan fingerprint density at radius 1 is 0.421 bits per heavy atom. The molecule has 4 heterocycles. The lowest BCUT2D eigenvalue weighted by atomic mass is 9.99. The second-order valence-corrected chi connectivity index (χ2v) is 16.0. The Labute approximate surface area is 332 Å². The maximum Gasteiger partial charge on any atom is 0.135 e. The van der Waals surface area contributed by atoms with Gasteiger partial charge in [0.25, 0.3) is 0 Å². The summed E-state index contributed by atoms with van der Waals surface area (Å²) in [4.78, 5) is 0. The summed E-state index contributed by atoms with van der Waals surface area (Å²) in [5, 5.41) is 18.9. The van der Waals surface area contributed by atoms with Crippen LogP contribution in [0.25, 0.3) is 80.7 Å². The van der Waals surface area contributed by atoms with E-state index in [1.165, 1.54) is 69.8 Å². The highest BCUT2D eigenvalue weighted by molar-refractivity contribution is 7.26. The zero-order valence-corrected chi connectivity index (χ0v) is 31.6. The molecule has 0 aliphatic carbocycles. The van der Waals surface area contributed by atoms with Gasteiger partial charge in [0.1, 0.15) is 11.2 Å². The van der Waals surface area contributed by atoms with Gasteiger partial charge in [-0.2, -0.15) is 0 Å². The van der Waals surface area contributed by atoms with E-state index < -0.39 is 0 Å². The highest BCUT2D eigenvalue weighted by atomic mass is 32.1. The molecule has 272 valence electrons. The Kier molecular flexibility index (Phi) is 7.46. The van der Waals surface area contributed by atoms with E-state index in [-0.39, 0.29) is 18.5 Å². The lowest BCUT2D eigenvalue weighted by Gasteiger charge is -2.39. The minimum absolute atomic E-state index is 0.0326. The summed E-state index contributed by atoms with van der Waals surface area (Å²) in [6.07, 6.45) is -0.149. The average molecular weight is 753 g/mol. The first-order chi connectivity index (χ1) is 28.2. The first-order valence-electron chi connectivity index (χ1n) is 19.5. The summed E-state index contributed by atoms with van der Waals surface area (Å²) in [6, 6.07) is 65.4. The Balaban J connectivity index is 0.978. The summed E-state index contributed by atoms with van der Waals surface area (Å²) < 4.78 is 11.4. The normalized spacial score (nSPS) is 17.4. The van der Waals surface area contributed by atoms with Gasteiger partial charge in [0, 0.05) is 53.0 Å². The van der Waals surface area contributed by atoms with Crippen LogP contribution < -0.4 is 16.0 Å². The van der Waals surface area contributed by atoms with Crippen LogP contribution in [-0.4, -0.2) is 4.57 Å². The van der Waals surface area contributed by atoms with Gasteiger partial charge < -0.3 is 8.98 Å². The third-order valence-electron chi connectivity index (χ3n) is 11.7. The quantitative estimate of drug-likeness (QED) is 0.164. The SMILES string of the molecule is c1ccc(C2NC(c3ccccc3)NC(c3cccc4c3sc3c(-c5ccc6oc7ccc(-n8c9ccccc9c9ccccc98)cc7c6c5)cccc34)N2)cc1. The number of hydrogen-bond acceptors (Lipinski definition) is 5. The Morgan fingerprint density at radius 2 is 0.965 bits per heavy atom. The largest absolute Gasteiger partial charge is 0.456 e. The Hall–Kier alpha value is -6.54. The molecular formula is C51H36N4OS. The van der Waals surface area contributed by atoms with Gasteiger partial charge in [-0.25, -0.2) is 0 Å². The number of thiophene rings is 1. The monoisotopic (exact) mass is 752 g/mol. The molecule has 57 heavy (non-hydrogen) atoms. The number of para-hydroxylation sites is 2. The van der Waals surface area contributed by atoms with Gasteiger partial charge in [0.05, 0.1) is 29.5 Å². The maximum absolute atomic E-state index is 6.46. The van der Waals surface area contributed by atoms with Crippen LogP contribution in [-0.2, 0) is 0 Å². The van der Waals surface area contributed by atoms with Gasteiger partial charge in [-0.3, -0.25) is 16.0 Å². The first-order valence-corrected chi connectivity index (χ1v) is 20.3. The third kappa shape index (κ3) is 5.27. The number of aromatic nitrogens is 1. The lowest BCUT2D eigenvalue weighted by molar-refractivity contribution is 0.204. The highest BCUT2D eigenvalue weighted by Crippen LogP contribution is 2.44. The second-order valence-electron chi connectivity index (χ2n) is 15.0. The van der Waals surface area contributed by atoms with Crippen molar-refractivity contribution < 1.29 is 4.42 Å². The molecule has 2 atom stereocenters. The average Bonchev–Trinajstić information content (AvgIpc) is 3.96. The summed E-state index contributed by atoms with van der Waals surface area (Å²) in [5.41, 5.74) is 11.4. The van der Waals surface area contributed by atoms with Crippen molar-refractivity contribution >= 4 is 75.3 Å². The van der Waals surface area contributed by atoms with E-state index in [1.807, 2.05) is 11.3 Å². The molecule has 0 bridgehead atoms. The van der Waals surface area contributed by atoms with Crippen molar-refractivity contribution in [1.29, 1.82) is 0 Å². The van der Waals surface area contributed by atoms with Crippen LogP contribution in [0.2, 0.25) is 0 Å². The molecule has 8 aromatic carbocycles. The molecule has 11 aromatic rings. The minimum Gasteiger partial charge on any atom is -0.456 e. The second kappa shape index (κ2) is 13.0. The molecule has 1 fully saturated rings. The van der Waals surface area contributed by atoms with Crippen molar-refractivity contribution in [3.63, 3.8) is 0 Å². The van der Waals surface area contributed by atoms with Gasteiger partial charge in [-0.15, -0.1) is 11.3 Å². The Bertz CT molecular complexity index is 3210. The molecule has 1 aliphatic rings. The molecule has 0 saturated carbocycles. The van der Waals surface area contributed by atoms with Crippen molar-refractivity contribution in [2.45, 2.75) is 18.5 Å². The fourth-order valence-electron chi connectivity index (χ4n) is 9.07. The fraction of sp³-hybridized carbons (Fsp3) is 0.0588. The molecule has 3 aromatic heterocycles. The number of hydrogen-bond donors (Lipinski definition) is 3. The molecule has 0 amide bonds. The number of nitrogens with one attached hydrogen (secondary N) is 3. The van der Waals surface area contributed by atoms with Crippen LogP contribution in [0.1, 0.15) is 35.2 Å². The van der Waals surface area contributed by atoms with Crippen LogP contribution in [0.5, 0.6) is 0 Å². The molecule has 0 radical (unpaired) electrons. The molecule has 5 nitrogen and oxygen atoms in total. The van der Waals surface area contributed by atoms with Crippen molar-refractivity contribution in [3.05, 3.63) is 199 Å². The molecule has 3 N–H and O–H groups in total. The topological polar surface area (TPSA) is 54.2 Å². The van der Waals surface area contributed by atoms with Crippen molar-refractivity contribution in [3.8, 4) is 16.8 Å². The van der Waals surface area contributed by atoms with E-state index >= 15 is 0 Å². The standard InChI is InChI=1S/C51H36N4OS/c1-3-13-31(14-4-1)49-52-50(32-15-5-2-6-16-32)54-51(53-49)40-22-12-21-39-38-20-11-19-35(47(38)57-48(39)40)33-25-27-45-41(29-33)42-30-34(26-28-46(42)56-45)55-43-23-9-7-17-36(43)37-18-8-10-24-44(37)55/h1-30,49-54H. The fourth-order valence-corrected chi connectivity index (χ4v) is 10.4. The van der Waals surface area contributed by atoms with E-state index in [0.717, 1.165) is 27.6 Å². The predicted octanol–water partition coefficient (Wildman–Crippen LogP) is 12.9. The molecule has 1 saturated heterocycles. The first kappa shape index (κ1) is 32.7. The van der Waals surface area contributed by atoms with E-state index in [2.05, 4.69) is 203 Å². The minimum atomic E-state index is -0.0840. The Morgan fingerprint density at radius 3 is 1.65 bits per heavy atom. The van der Waals surface area contributed by atoms with Gasteiger partial charge in [0.2, 0.25) is 0 Å². The van der Waals surface area contributed by atoms with Crippen molar-refractivity contribution in [2.24, 2.45) is 0 Å². The summed E-state index contributed by atoms with van der Waals surface area (Å²) >= 11 is 1.88. The number of nitrogens with zero attached hydrogens (tertiary/aromatic N) is 1. The zero-order chi connectivity index (χ0) is 37.5. The molecule has 1 aliphatic heterocycles. The molecule has 0 spiro atoms. The van der Waals surface area contributed by atoms with Gasteiger partial charge >= 0.3 is 0 Å². The molecule has 2 unspecified atom stereocenters. The lowest BCUT2D eigenvalue weighted by Crippen LogP contribution is -2.54. The molecular weight excluding hydrogens is 717 g/mol. The highest BCUT2D eigenvalue weighted by Gasteiger charge is 2.31. The molecule has 6 heteroatoms. The van der Waals surface area contributed by atoms with Crippen molar-refractivity contribution in [1.82, 2.24) is 20.5 Å². The van der Waals surface area contributed by atoms with Crippen LogP contribution in [0.4, 0.5) is 0 Å². The van der Waals surface area contributed by atoms with Crippen LogP contribution >= 0.6 is 11.3 Å². The van der Waals surface area contributed by atoms with Gasteiger partial charge in [0.15, 0.2) is 0 Å². The zero-order valence-electron chi connectivity index (χ0n) is 30.8. The van der Waals surface area contributed by atoms with E-state index in [9.17, 15) is 0 Å². The predicted molar refractivity (Wildman–Crippen MR) is 237 cm³/mol. The number of furan rings is 1. The summed E-state index contributed by atoms with van der Waals surface area (Å²) in [7, 11) is 0. The molecule has 12 rings (SSSR count). The van der Waals surface area contributed by atoms with Gasteiger partial charge in [-0.1, -0.05) is 140 Å². The third-order valence-corrected chi connectivity index (χ3v) is 13.0. The maximum atomic E-state index is 6.46. The number of fused-ring (bicyclic) bond motifs is 9. The van der Waals surface area contributed by atoms with E-state index in [1.54, 1.807) is 0 Å². The van der Waals surface area contributed by atoms with E-state index in [4.69, 9.17) is 4.42 Å². The van der Waals surface area contributed by atoms with Crippen molar-refractivity contribution in [2.75, 3.05) is 0 Å². The van der Waals surface area contributed by atoms with E-state index in [0.29, 0.717) is 0 Å².